The van der Waals surface area contributed by atoms with Crippen molar-refractivity contribution < 1.29 is 5.11 Å². The molecule has 1 aromatic rings. The first-order chi connectivity index (χ1) is 6.65. The Balaban J connectivity index is 1.97. The number of aliphatic hydroxyl groups excluding tert-OH is 1. The van der Waals surface area contributed by atoms with Crippen LogP contribution in [0, 0.1) is 6.92 Å². The van der Waals surface area contributed by atoms with E-state index in [9.17, 15) is 5.11 Å². The van der Waals surface area contributed by atoms with Gasteiger partial charge in [-0.15, -0.1) is 11.3 Å². The van der Waals surface area contributed by atoms with Crippen LogP contribution < -0.4 is 0 Å². The summed E-state index contributed by atoms with van der Waals surface area (Å²) >= 11 is 5.32. The number of aliphatic hydroxyl groups is 1. The molecule has 2 rings (SSSR count). The molecular formula is C10H14BrNOS. The van der Waals surface area contributed by atoms with E-state index < -0.39 is 0 Å². The maximum Gasteiger partial charge on any atom is 0.0730 e. The van der Waals surface area contributed by atoms with Gasteiger partial charge in [-0.05, 0) is 40.9 Å². The third kappa shape index (κ3) is 2.37. The van der Waals surface area contributed by atoms with E-state index in [1.165, 1.54) is 14.2 Å². The molecule has 1 saturated heterocycles. The van der Waals surface area contributed by atoms with Crippen molar-refractivity contribution in [3.8, 4) is 0 Å². The number of thiophene rings is 1. The number of aryl methyl sites for hydroxylation is 1. The fraction of sp³-hybridized carbons (Fsp3) is 0.600. The van der Waals surface area contributed by atoms with Gasteiger partial charge in [0.15, 0.2) is 0 Å². The lowest BCUT2D eigenvalue weighted by atomic mass is 10.3. The first-order valence-corrected chi connectivity index (χ1v) is 6.41. The van der Waals surface area contributed by atoms with Gasteiger partial charge in [0.2, 0.25) is 0 Å². The molecule has 0 radical (unpaired) electrons. The zero-order valence-corrected chi connectivity index (χ0v) is 10.6. The van der Waals surface area contributed by atoms with Crippen LogP contribution >= 0.6 is 27.3 Å². The molecular weight excluding hydrogens is 262 g/mol. The molecule has 2 heterocycles. The summed E-state index contributed by atoms with van der Waals surface area (Å²) < 4.78 is 1.23. The lowest BCUT2D eigenvalue weighted by Gasteiger charge is -2.12. The molecule has 0 unspecified atom stereocenters. The number of hydrogen-bond donors (Lipinski definition) is 1. The van der Waals surface area contributed by atoms with Crippen LogP contribution in [0.1, 0.15) is 16.9 Å². The lowest BCUT2D eigenvalue weighted by molar-refractivity contribution is 0.175. The Bertz CT molecular complexity index is 306. The van der Waals surface area contributed by atoms with Gasteiger partial charge in [0.25, 0.3) is 0 Å². The van der Waals surface area contributed by atoms with Gasteiger partial charge in [0, 0.05) is 24.5 Å². The predicted octanol–water partition coefficient (Wildman–Crippen LogP) is 2.39. The molecule has 0 amide bonds. The van der Waals surface area contributed by atoms with Crippen LogP contribution in [0.25, 0.3) is 0 Å². The van der Waals surface area contributed by atoms with Crippen molar-refractivity contribution in [3.63, 3.8) is 0 Å². The summed E-state index contributed by atoms with van der Waals surface area (Å²) in [6, 6.07) is 2.22. The monoisotopic (exact) mass is 275 g/mol. The van der Waals surface area contributed by atoms with Crippen molar-refractivity contribution in [3.05, 3.63) is 20.3 Å². The number of β-amino-alcohol motifs (C(OH)–C–C–N with tert-alkyl or cyclic N) is 1. The van der Waals surface area contributed by atoms with Gasteiger partial charge >= 0.3 is 0 Å². The number of rotatable bonds is 2. The number of likely N-dealkylation sites (tertiary alicyclic amines) is 1. The maximum absolute atomic E-state index is 9.39. The third-order valence-corrected chi connectivity index (χ3v) is 4.66. The smallest absolute Gasteiger partial charge is 0.0730 e. The van der Waals surface area contributed by atoms with E-state index in [2.05, 4.69) is 33.8 Å². The summed E-state index contributed by atoms with van der Waals surface area (Å²) in [5, 5.41) is 9.39. The van der Waals surface area contributed by atoms with Crippen LogP contribution in [0.3, 0.4) is 0 Å². The van der Waals surface area contributed by atoms with Crippen LogP contribution in [0.15, 0.2) is 9.85 Å². The summed E-state index contributed by atoms with van der Waals surface area (Å²) in [6.45, 7) is 4.95. The summed E-state index contributed by atoms with van der Waals surface area (Å²) in [6.07, 6.45) is 0.811. The standard InChI is InChI=1S/C10H14BrNOS/c1-7-4-9(14-10(7)11)6-12-3-2-8(13)5-12/h4,8,13H,2-3,5-6H2,1H3/t8-/m1/s1. The second-order valence-electron chi connectivity index (χ2n) is 3.85. The quantitative estimate of drug-likeness (QED) is 0.896. The van der Waals surface area contributed by atoms with Crippen LogP contribution in [-0.2, 0) is 6.54 Å². The minimum Gasteiger partial charge on any atom is -0.392 e. The summed E-state index contributed by atoms with van der Waals surface area (Å²) in [4.78, 5) is 3.69. The SMILES string of the molecule is Cc1cc(CN2CC[C@@H](O)C2)sc1Br. The van der Waals surface area contributed by atoms with E-state index in [1.807, 2.05) is 0 Å². The van der Waals surface area contributed by atoms with Crippen molar-refractivity contribution in [1.82, 2.24) is 4.90 Å². The highest BCUT2D eigenvalue weighted by atomic mass is 79.9. The molecule has 14 heavy (non-hydrogen) atoms. The van der Waals surface area contributed by atoms with E-state index in [4.69, 9.17) is 0 Å². The minimum absolute atomic E-state index is 0.112. The highest BCUT2D eigenvalue weighted by Crippen LogP contribution is 2.28. The Morgan fingerprint density at radius 1 is 1.71 bits per heavy atom. The third-order valence-electron chi connectivity index (χ3n) is 2.54. The molecule has 0 aromatic carbocycles. The van der Waals surface area contributed by atoms with Gasteiger partial charge in [0.1, 0.15) is 0 Å². The number of nitrogens with zero attached hydrogens (tertiary/aromatic N) is 1. The molecule has 0 saturated carbocycles. The Labute approximate surface area is 96.7 Å². The molecule has 1 aliphatic rings. The van der Waals surface area contributed by atoms with Gasteiger partial charge in [-0.2, -0.15) is 0 Å². The lowest BCUT2D eigenvalue weighted by Crippen LogP contribution is -2.20. The van der Waals surface area contributed by atoms with E-state index in [-0.39, 0.29) is 6.10 Å². The molecule has 0 bridgehead atoms. The van der Waals surface area contributed by atoms with E-state index >= 15 is 0 Å². The van der Waals surface area contributed by atoms with Gasteiger partial charge in [0.05, 0.1) is 9.89 Å². The molecule has 1 N–H and O–H groups in total. The fourth-order valence-corrected chi connectivity index (χ4v) is 3.45. The summed E-state index contributed by atoms with van der Waals surface area (Å²) in [7, 11) is 0. The minimum atomic E-state index is -0.112. The normalized spacial score (nSPS) is 23.2. The summed E-state index contributed by atoms with van der Waals surface area (Å²) in [5.74, 6) is 0. The van der Waals surface area contributed by atoms with Crippen molar-refractivity contribution in [1.29, 1.82) is 0 Å². The zero-order chi connectivity index (χ0) is 10.1. The Hall–Kier alpha value is 0.100. The van der Waals surface area contributed by atoms with Crippen LogP contribution in [0.2, 0.25) is 0 Å². The van der Waals surface area contributed by atoms with Gasteiger partial charge in [-0.1, -0.05) is 0 Å². The molecule has 4 heteroatoms. The second-order valence-corrected chi connectivity index (χ2v) is 6.30. The van der Waals surface area contributed by atoms with Crippen molar-refractivity contribution in [2.75, 3.05) is 13.1 Å². The predicted molar refractivity (Wildman–Crippen MR) is 62.7 cm³/mol. The first-order valence-electron chi connectivity index (χ1n) is 4.80. The van der Waals surface area contributed by atoms with E-state index in [0.717, 1.165) is 26.1 Å². The Morgan fingerprint density at radius 2 is 2.50 bits per heavy atom. The highest BCUT2D eigenvalue weighted by molar-refractivity contribution is 9.11. The van der Waals surface area contributed by atoms with Crippen LogP contribution in [0.4, 0.5) is 0 Å². The molecule has 78 valence electrons. The fourth-order valence-electron chi connectivity index (χ4n) is 1.78. The van der Waals surface area contributed by atoms with Crippen molar-refractivity contribution >= 4 is 27.3 Å². The Kier molecular flexibility index (Phi) is 3.27. The molecule has 1 aromatic heterocycles. The first kappa shape index (κ1) is 10.6. The molecule has 1 aliphatic heterocycles. The average molecular weight is 276 g/mol. The van der Waals surface area contributed by atoms with Crippen LogP contribution in [0.5, 0.6) is 0 Å². The van der Waals surface area contributed by atoms with Gasteiger partial charge in [-0.3, -0.25) is 4.90 Å². The van der Waals surface area contributed by atoms with E-state index in [0.29, 0.717) is 0 Å². The molecule has 2 nitrogen and oxygen atoms in total. The Morgan fingerprint density at radius 3 is 3.00 bits per heavy atom. The average Bonchev–Trinajstić information content (AvgIpc) is 2.62. The van der Waals surface area contributed by atoms with E-state index in [1.54, 1.807) is 11.3 Å². The summed E-state index contributed by atoms with van der Waals surface area (Å²) in [5.41, 5.74) is 1.31. The van der Waals surface area contributed by atoms with Crippen molar-refractivity contribution in [2.45, 2.75) is 26.0 Å². The molecule has 1 atom stereocenters. The highest BCUT2D eigenvalue weighted by Gasteiger charge is 2.20. The van der Waals surface area contributed by atoms with Crippen molar-refractivity contribution in [2.24, 2.45) is 0 Å². The number of hydrogen-bond acceptors (Lipinski definition) is 3. The van der Waals surface area contributed by atoms with Gasteiger partial charge in [-0.25, -0.2) is 0 Å². The largest absolute Gasteiger partial charge is 0.392 e. The number of halogens is 1. The maximum atomic E-state index is 9.39. The van der Waals surface area contributed by atoms with Gasteiger partial charge < -0.3 is 5.11 Å². The second kappa shape index (κ2) is 4.31. The zero-order valence-electron chi connectivity index (χ0n) is 8.16. The molecule has 1 fully saturated rings. The molecule has 0 aliphatic carbocycles. The van der Waals surface area contributed by atoms with Crippen LogP contribution in [-0.4, -0.2) is 29.2 Å². The topological polar surface area (TPSA) is 23.5 Å². The molecule has 0 spiro atoms.